The largest absolute Gasteiger partial charge is 0.486 e. The number of aromatic nitrogens is 1. The monoisotopic (exact) mass is 710 g/mol. The molecule has 0 saturated carbocycles. The van der Waals surface area contributed by atoms with Gasteiger partial charge in [-0.25, -0.2) is 4.98 Å². The van der Waals surface area contributed by atoms with E-state index in [1.165, 1.54) is 6.07 Å². The van der Waals surface area contributed by atoms with Gasteiger partial charge in [-0.15, -0.1) is 0 Å². The van der Waals surface area contributed by atoms with E-state index in [9.17, 15) is 24.0 Å². The highest BCUT2D eigenvalue weighted by Gasteiger charge is 2.35. The average molecular weight is 711 g/mol. The predicted molar refractivity (Wildman–Crippen MR) is 185 cm³/mol. The summed E-state index contributed by atoms with van der Waals surface area (Å²) in [5.41, 5.74) is 1.04. The Balaban J connectivity index is 1.56. The fourth-order valence-corrected chi connectivity index (χ4v) is 5.57. The van der Waals surface area contributed by atoms with Crippen molar-refractivity contribution in [1.29, 1.82) is 0 Å². The standard InChI is InChI=1S/C36H42N2O13/c1-3-38(4-2)23-5-8-28-30(15-23)51-31-17-29(40)26-7-6-25(16-27(26)35(31)37-28)50-19-24(39)18-36(20-47-12-9-32(41)42,21-48-13-10-33(43)44)22-49-14-11-34(45)46/h5-8,15-17H,3-4,9-14,18-22H2,1-2H3,(H,41,42)(H,43,44)(H,45,46). The van der Waals surface area contributed by atoms with Crippen molar-refractivity contribution >= 4 is 51.3 Å². The molecule has 1 aliphatic heterocycles. The third kappa shape index (κ3) is 10.9. The number of rotatable bonds is 23. The van der Waals surface area contributed by atoms with Crippen molar-refractivity contribution in [2.45, 2.75) is 39.5 Å². The van der Waals surface area contributed by atoms with Crippen molar-refractivity contribution in [2.24, 2.45) is 5.41 Å². The van der Waals surface area contributed by atoms with Gasteiger partial charge in [0.2, 0.25) is 0 Å². The number of carboxylic acid groups (broad SMARTS) is 3. The van der Waals surface area contributed by atoms with Crippen LogP contribution in [0, 0.1) is 5.41 Å². The fourth-order valence-electron chi connectivity index (χ4n) is 5.57. The maximum absolute atomic E-state index is 13.4. The number of carboxylic acids is 3. The van der Waals surface area contributed by atoms with E-state index in [0.717, 1.165) is 18.8 Å². The Hall–Kier alpha value is -5.12. The molecule has 2 aliphatic rings. The number of carbonyl (C=O) groups excluding carboxylic acids is 1. The van der Waals surface area contributed by atoms with Crippen LogP contribution >= 0.6 is 0 Å². The minimum absolute atomic E-state index is 0.175. The lowest BCUT2D eigenvalue weighted by Crippen LogP contribution is -2.41. The number of aliphatic carboxylic acids is 3. The lowest BCUT2D eigenvalue weighted by atomic mass is 9.85. The second-order valence-electron chi connectivity index (χ2n) is 12.1. The van der Waals surface area contributed by atoms with E-state index >= 15 is 0 Å². The van der Waals surface area contributed by atoms with E-state index < -0.39 is 35.7 Å². The Bertz CT molecular complexity index is 1810. The van der Waals surface area contributed by atoms with Crippen molar-refractivity contribution < 1.29 is 57.9 Å². The van der Waals surface area contributed by atoms with Crippen LogP contribution in [0.1, 0.15) is 39.5 Å². The second-order valence-corrected chi connectivity index (χ2v) is 12.1. The number of anilines is 1. The highest BCUT2D eigenvalue weighted by Crippen LogP contribution is 2.33. The molecule has 1 aliphatic carbocycles. The minimum atomic E-state index is -1.22. The maximum Gasteiger partial charge on any atom is 0.305 e. The van der Waals surface area contributed by atoms with Crippen LogP contribution in [0.3, 0.4) is 0 Å². The van der Waals surface area contributed by atoms with Crippen molar-refractivity contribution in [3.05, 3.63) is 52.7 Å². The van der Waals surface area contributed by atoms with E-state index in [0.29, 0.717) is 33.3 Å². The van der Waals surface area contributed by atoms with Gasteiger partial charge < -0.3 is 43.6 Å². The normalized spacial score (nSPS) is 11.6. The van der Waals surface area contributed by atoms with Gasteiger partial charge in [0.25, 0.3) is 0 Å². The van der Waals surface area contributed by atoms with Crippen LogP contribution in [0.4, 0.5) is 5.69 Å². The number of Topliss-reactive ketones (excluding diaryl/α,β-unsaturated/α-hetero) is 1. The van der Waals surface area contributed by atoms with Crippen LogP contribution < -0.4 is 15.1 Å². The Morgan fingerprint density at radius 2 is 1.37 bits per heavy atom. The van der Waals surface area contributed by atoms with Crippen LogP contribution in [0.25, 0.3) is 33.3 Å². The molecule has 15 nitrogen and oxygen atoms in total. The number of hydrogen-bond acceptors (Lipinski definition) is 12. The molecule has 3 N–H and O–H groups in total. The topological polar surface area (TPSA) is 212 Å². The summed E-state index contributed by atoms with van der Waals surface area (Å²) >= 11 is 0. The third-order valence-electron chi connectivity index (χ3n) is 8.11. The highest BCUT2D eigenvalue weighted by molar-refractivity contribution is 5.97. The molecule has 0 atom stereocenters. The van der Waals surface area contributed by atoms with E-state index in [-0.39, 0.29) is 76.5 Å². The molecule has 2 aromatic carbocycles. The lowest BCUT2D eigenvalue weighted by Gasteiger charge is -2.32. The summed E-state index contributed by atoms with van der Waals surface area (Å²) in [5, 5.41) is 27.9. The van der Waals surface area contributed by atoms with Crippen LogP contribution in [-0.4, -0.2) is 103 Å². The van der Waals surface area contributed by atoms with Crippen molar-refractivity contribution in [3.63, 3.8) is 0 Å². The van der Waals surface area contributed by atoms with Gasteiger partial charge in [0.15, 0.2) is 22.6 Å². The summed E-state index contributed by atoms with van der Waals surface area (Å²) in [4.78, 5) is 66.5. The van der Waals surface area contributed by atoms with Gasteiger partial charge in [-0.3, -0.25) is 24.0 Å². The van der Waals surface area contributed by atoms with Crippen LogP contribution in [0.5, 0.6) is 5.75 Å². The first kappa shape index (κ1) is 38.7. The third-order valence-corrected chi connectivity index (χ3v) is 8.11. The number of ether oxygens (including phenoxy) is 4. The molecule has 0 amide bonds. The second kappa shape index (κ2) is 18.2. The van der Waals surface area contributed by atoms with Crippen molar-refractivity contribution in [1.82, 2.24) is 4.98 Å². The molecule has 0 bridgehead atoms. The molecule has 0 aromatic heterocycles. The minimum Gasteiger partial charge on any atom is -0.486 e. The van der Waals surface area contributed by atoms with Gasteiger partial charge in [-0.1, -0.05) is 0 Å². The van der Waals surface area contributed by atoms with Gasteiger partial charge in [-0.05, 0) is 44.2 Å². The van der Waals surface area contributed by atoms with Crippen molar-refractivity contribution in [3.8, 4) is 17.2 Å². The quantitative estimate of drug-likeness (QED) is 0.0562. The first-order valence-corrected chi connectivity index (χ1v) is 16.5. The zero-order valence-electron chi connectivity index (χ0n) is 28.6. The number of ketones is 1. The van der Waals surface area contributed by atoms with Gasteiger partial charge in [0, 0.05) is 53.5 Å². The lowest BCUT2D eigenvalue weighted by molar-refractivity contribution is -0.142. The first-order chi connectivity index (χ1) is 24.4. The Kier molecular flexibility index (Phi) is 13.8. The zero-order chi connectivity index (χ0) is 37.0. The molecule has 0 spiro atoms. The number of benzene rings is 3. The van der Waals surface area contributed by atoms with E-state index in [1.54, 1.807) is 18.2 Å². The summed E-state index contributed by atoms with van der Waals surface area (Å²) in [5.74, 6) is -3.12. The molecule has 0 saturated heterocycles. The SMILES string of the molecule is CCN(CC)c1ccc2nc3c4cc(OCC(=O)CC(COCCC(=O)O)(COCCC(=O)O)COCCC(=O)O)ccc4c(=O)cc-3oc2c1. The molecule has 4 rings (SSSR count). The molecule has 51 heavy (non-hydrogen) atoms. The van der Waals surface area contributed by atoms with Crippen LogP contribution in [0.2, 0.25) is 0 Å². The number of fused-ring (bicyclic) bond motifs is 4. The van der Waals surface area contributed by atoms with Gasteiger partial charge in [0.05, 0.1) is 58.9 Å². The number of nitrogens with zero attached hydrogens (tertiary/aromatic N) is 2. The summed E-state index contributed by atoms with van der Waals surface area (Å²) in [7, 11) is 0. The smallest absolute Gasteiger partial charge is 0.305 e. The average Bonchev–Trinajstić information content (AvgIpc) is 3.09. The molecule has 15 heteroatoms. The van der Waals surface area contributed by atoms with E-state index in [1.807, 2.05) is 18.2 Å². The summed E-state index contributed by atoms with van der Waals surface area (Å²) in [6.07, 6.45) is -1.15. The summed E-state index contributed by atoms with van der Waals surface area (Å²) < 4.78 is 28.7. The molecule has 274 valence electrons. The molecule has 0 fully saturated rings. The molecular weight excluding hydrogens is 668 g/mol. The van der Waals surface area contributed by atoms with Crippen molar-refractivity contribution in [2.75, 3.05) is 64.2 Å². The van der Waals surface area contributed by atoms with Crippen LogP contribution in [0.15, 0.2) is 51.7 Å². The molecular formula is C36H42N2O13. The Morgan fingerprint density at radius 1 is 0.784 bits per heavy atom. The van der Waals surface area contributed by atoms with Gasteiger partial charge >= 0.3 is 17.9 Å². The first-order valence-electron chi connectivity index (χ1n) is 16.5. The van der Waals surface area contributed by atoms with Gasteiger partial charge in [-0.2, -0.15) is 0 Å². The molecule has 2 aromatic rings. The number of carbonyl (C=O) groups is 4. The van der Waals surface area contributed by atoms with E-state index in [2.05, 4.69) is 18.7 Å². The fraction of sp³-hybridized carbons (Fsp3) is 0.444. The molecule has 0 unspecified atom stereocenters. The molecule has 0 radical (unpaired) electrons. The highest BCUT2D eigenvalue weighted by atomic mass is 16.5. The van der Waals surface area contributed by atoms with Gasteiger partial charge in [0.1, 0.15) is 23.6 Å². The number of hydrogen-bond donors (Lipinski definition) is 3. The van der Waals surface area contributed by atoms with E-state index in [4.69, 9.17) is 43.7 Å². The maximum atomic E-state index is 13.4. The molecule has 1 heterocycles. The Morgan fingerprint density at radius 3 is 1.92 bits per heavy atom. The predicted octanol–water partition coefficient (Wildman–Crippen LogP) is 4.09. The Labute approximate surface area is 293 Å². The summed E-state index contributed by atoms with van der Waals surface area (Å²) in [6.45, 7) is 4.21. The zero-order valence-corrected chi connectivity index (χ0v) is 28.6. The summed E-state index contributed by atoms with van der Waals surface area (Å²) in [6, 6.07) is 11.9. The van der Waals surface area contributed by atoms with Crippen LogP contribution in [-0.2, 0) is 33.4 Å².